The molecule has 0 radical (unpaired) electrons. The summed E-state index contributed by atoms with van der Waals surface area (Å²) in [4.78, 5) is 21.0. The van der Waals surface area contributed by atoms with E-state index in [2.05, 4.69) is 5.32 Å². The number of non-ortho nitro benzene ring substituents is 1. The van der Waals surface area contributed by atoms with Crippen LogP contribution in [0, 0.1) is 10.1 Å². The third kappa shape index (κ3) is 3.32. The fraction of sp³-hybridized carbons (Fsp3) is 0.0714. The van der Waals surface area contributed by atoms with Crippen LogP contribution in [-0.2, 0) is 6.54 Å². The van der Waals surface area contributed by atoms with Crippen LogP contribution in [0.2, 0.25) is 0 Å². The van der Waals surface area contributed by atoms with Crippen molar-refractivity contribution in [3.8, 4) is 0 Å². The zero-order valence-corrected chi connectivity index (χ0v) is 10.4. The summed E-state index contributed by atoms with van der Waals surface area (Å²) in [5.41, 5.74) is 1.62. The van der Waals surface area contributed by atoms with Crippen molar-refractivity contribution in [1.82, 2.24) is 0 Å². The van der Waals surface area contributed by atoms with Crippen LogP contribution in [0.15, 0.2) is 48.5 Å². The first-order valence-electron chi connectivity index (χ1n) is 5.87. The number of anilines is 1. The highest BCUT2D eigenvalue weighted by Crippen LogP contribution is 2.18. The van der Waals surface area contributed by atoms with E-state index in [1.54, 1.807) is 30.3 Å². The van der Waals surface area contributed by atoms with E-state index in [0.717, 1.165) is 5.56 Å². The lowest BCUT2D eigenvalue weighted by Gasteiger charge is -2.07. The van der Waals surface area contributed by atoms with Crippen molar-refractivity contribution in [2.24, 2.45) is 0 Å². The second-order valence-corrected chi connectivity index (χ2v) is 4.17. The molecule has 0 aliphatic carbocycles. The van der Waals surface area contributed by atoms with Crippen LogP contribution in [0.3, 0.4) is 0 Å². The second kappa shape index (κ2) is 5.83. The molecule has 0 aromatic heterocycles. The van der Waals surface area contributed by atoms with Crippen molar-refractivity contribution in [2.45, 2.75) is 6.54 Å². The van der Waals surface area contributed by atoms with E-state index < -0.39 is 10.9 Å². The molecule has 0 atom stereocenters. The monoisotopic (exact) mass is 272 g/mol. The van der Waals surface area contributed by atoms with E-state index >= 15 is 0 Å². The lowest BCUT2D eigenvalue weighted by molar-refractivity contribution is -0.384. The van der Waals surface area contributed by atoms with E-state index in [1.807, 2.05) is 0 Å². The summed E-state index contributed by atoms with van der Waals surface area (Å²) in [6.45, 7) is 0.391. The van der Waals surface area contributed by atoms with E-state index in [1.165, 1.54) is 18.2 Å². The Bertz CT molecular complexity index is 598. The number of rotatable bonds is 5. The summed E-state index contributed by atoms with van der Waals surface area (Å²) in [5.74, 6) is -0.984. The van der Waals surface area contributed by atoms with Crippen LogP contribution in [-0.4, -0.2) is 16.0 Å². The van der Waals surface area contributed by atoms with Gasteiger partial charge in [-0.05, 0) is 23.8 Å². The average molecular weight is 272 g/mol. The highest BCUT2D eigenvalue weighted by Gasteiger charge is 2.06. The Labute approximate surface area is 114 Å². The smallest absolute Gasteiger partial charge is 0.335 e. The van der Waals surface area contributed by atoms with Gasteiger partial charge in [-0.15, -0.1) is 0 Å². The van der Waals surface area contributed by atoms with Crippen LogP contribution in [0.4, 0.5) is 11.4 Å². The van der Waals surface area contributed by atoms with E-state index in [4.69, 9.17) is 5.11 Å². The number of carboxylic acids is 1. The maximum absolute atomic E-state index is 10.9. The van der Waals surface area contributed by atoms with Crippen molar-refractivity contribution in [1.29, 1.82) is 0 Å². The number of hydrogen-bond acceptors (Lipinski definition) is 4. The predicted octanol–water partition coefficient (Wildman–Crippen LogP) is 2.91. The third-order valence-corrected chi connectivity index (χ3v) is 2.73. The summed E-state index contributed by atoms with van der Waals surface area (Å²) < 4.78 is 0. The van der Waals surface area contributed by atoms with Gasteiger partial charge in [0.2, 0.25) is 0 Å². The number of aromatic carboxylic acids is 1. The van der Waals surface area contributed by atoms with Gasteiger partial charge in [0.1, 0.15) is 0 Å². The van der Waals surface area contributed by atoms with Gasteiger partial charge < -0.3 is 10.4 Å². The van der Waals surface area contributed by atoms with E-state index in [9.17, 15) is 14.9 Å². The molecule has 6 nitrogen and oxygen atoms in total. The molecule has 20 heavy (non-hydrogen) atoms. The Morgan fingerprint density at radius 3 is 2.65 bits per heavy atom. The second-order valence-electron chi connectivity index (χ2n) is 4.17. The summed E-state index contributed by atoms with van der Waals surface area (Å²) in [6, 6.07) is 12.7. The van der Waals surface area contributed by atoms with Gasteiger partial charge in [-0.1, -0.05) is 18.2 Å². The molecule has 0 spiro atoms. The number of carboxylic acid groups (broad SMARTS) is 1. The van der Waals surface area contributed by atoms with Gasteiger partial charge in [0.15, 0.2) is 0 Å². The normalized spacial score (nSPS) is 10.0. The van der Waals surface area contributed by atoms with Crippen molar-refractivity contribution in [3.05, 3.63) is 69.8 Å². The number of nitro groups is 1. The molecule has 2 aromatic rings. The zero-order chi connectivity index (χ0) is 14.5. The topological polar surface area (TPSA) is 92.5 Å². The molecule has 2 aromatic carbocycles. The van der Waals surface area contributed by atoms with Gasteiger partial charge in [-0.3, -0.25) is 10.1 Å². The minimum atomic E-state index is -0.984. The highest BCUT2D eigenvalue weighted by molar-refractivity contribution is 5.87. The maximum Gasteiger partial charge on any atom is 0.335 e. The first-order valence-corrected chi connectivity index (χ1v) is 5.87. The van der Waals surface area contributed by atoms with Gasteiger partial charge in [0, 0.05) is 24.4 Å². The summed E-state index contributed by atoms with van der Waals surface area (Å²) in [5, 5.41) is 22.6. The Balaban J connectivity index is 2.08. The van der Waals surface area contributed by atoms with Gasteiger partial charge in [-0.25, -0.2) is 4.79 Å². The largest absolute Gasteiger partial charge is 0.478 e. The fourth-order valence-corrected chi connectivity index (χ4v) is 1.75. The lowest BCUT2D eigenvalue weighted by Crippen LogP contribution is -2.02. The van der Waals surface area contributed by atoms with Crippen LogP contribution in [0.5, 0.6) is 0 Å². The van der Waals surface area contributed by atoms with Crippen LogP contribution in [0.25, 0.3) is 0 Å². The van der Waals surface area contributed by atoms with Gasteiger partial charge in [0.25, 0.3) is 5.69 Å². The van der Waals surface area contributed by atoms with Crippen molar-refractivity contribution >= 4 is 17.3 Å². The van der Waals surface area contributed by atoms with Gasteiger partial charge >= 0.3 is 5.97 Å². The molecule has 0 saturated carbocycles. The van der Waals surface area contributed by atoms with Crippen molar-refractivity contribution in [2.75, 3.05) is 5.32 Å². The molecule has 0 aliphatic heterocycles. The highest BCUT2D eigenvalue weighted by atomic mass is 16.6. The standard InChI is InChI=1S/C14H12N2O4/c17-14(18)11-4-1-3-10(7-11)9-15-12-5-2-6-13(8-12)16(19)20/h1-8,15H,9H2,(H,17,18). The molecular weight excluding hydrogens is 260 g/mol. The Hall–Kier alpha value is -2.89. The Morgan fingerprint density at radius 1 is 1.20 bits per heavy atom. The number of benzene rings is 2. The minimum Gasteiger partial charge on any atom is -0.478 e. The molecular formula is C14H12N2O4. The number of nitro benzene ring substituents is 1. The number of hydrogen-bond donors (Lipinski definition) is 2. The molecule has 0 amide bonds. The van der Waals surface area contributed by atoms with Crippen LogP contribution < -0.4 is 5.32 Å². The van der Waals surface area contributed by atoms with Gasteiger partial charge in [-0.2, -0.15) is 0 Å². The zero-order valence-electron chi connectivity index (χ0n) is 10.4. The first kappa shape index (κ1) is 13.5. The fourth-order valence-electron chi connectivity index (χ4n) is 1.75. The maximum atomic E-state index is 10.9. The van der Waals surface area contributed by atoms with Crippen molar-refractivity contribution < 1.29 is 14.8 Å². The summed E-state index contributed by atoms with van der Waals surface area (Å²) in [7, 11) is 0. The summed E-state index contributed by atoms with van der Waals surface area (Å²) >= 11 is 0. The molecule has 102 valence electrons. The molecule has 6 heteroatoms. The number of carbonyl (C=O) groups is 1. The molecule has 0 heterocycles. The average Bonchev–Trinajstić information content (AvgIpc) is 2.45. The SMILES string of the molecule is O=C(O)c1cccc(CNc2cccc([N+](=O)[O-])c2)c1. The van der Waals surface area contributed by atoms with E-state index in [-0.39, 0.29) is 11.3 Å². The molecule has 2 rings (SSSR count). The number of nitrogens with one attached hydrogen (secondary N) is 1. The molecule has 0 saturated heterocycles. The molecule has 0 aliphatic rings. The molecule has 0 fully saturated rings. The Morgan fingerprint density at radius 2 is 1.95 bits per heavy atom. The predicted molar refractivity (Wildman–Crippen MR) is 73.8 cm³/mol. The third-order valence-electron chi connectivity index (χ3n) is 2.73. The van der Waals surface area contributed by atoms with Crippen molar-refractivity contribution in [3.63, 3.8) is 0 Å². The van der Waals surface area contributed by atoms with Crippen LogP contribution >= 0.6 is 0 Å². The molecule has 0 unspecified atom stereocenters. The van der Waals surface area contributed by atoms with Crippen LogP contribution in [0.1, 0.15) is 15.9 Å². The van der Waals surface area contributed by atoms with Gasteiger partial charge in [0.05, 0.1) is 10.5 Å². The number of nitrogens with zero attached hydrogens (tertiary/aromatic N) is 1. The van der Waals surface area contributed by atoms with E-state index in [0.29, 0.717) is 12.2 Å². The minimum absolute atomic E-state index is 0.00860. The molecule has 2 N–H and O–H groups in total. The molecule has 0 bridgehead atoms. The summed E-state index contributed by atoms with van der Waals surface area (Å²) in [6.07, 6.45) is 0. The quantitative estimate of drug-likeness (QED) is 0.644. The lowest BCUT2D eigenvalue weighted by atomic mass is 10.1. The Kier molecular flexibility index (Phi) is 3.95. The first-order chi connectivity index (χ1) is 9.56.